The summed E-state index contributed by atoms with van der Waals surface area (Å²) in [6.07, 6.45) is 5.39. The van der Waals surface area contributed by atoms with E-state index in [1.54, 1.807) is 6.20 Å². The maximum absolute atomic E-state index is 11.1. The van der Waals surface area contributed by atoms with Crippen LogP contribution in [0.1, 0.15) is 18.0 Å². The predicted octanol–water partition coefficient (Wildman–Crippen LogP) is 0.372. The van der Waals surface area contributed by atoms with E-state index in [2.05, 4.69) is 9.97 Å². The summed E-state index contributed by atoms with van der Waals surface area (Å²) in [6, 6.07) is 0. The van der Waals surface area contributed by atoms with E-state index in [9.17, 15) is 9.59 Å². The molecule has 2 aromatic heterocycles. The van der Waals surface area contributed by atoms with Crippen LogP contribution in [0.15, 0.2) is 24.8 Å². The molecule has 7 heteroatoms. The minimum Gasteiger partial charge on any atom is -0.481 e. The number of imidazole rings is 1. The maximum atomic E-state index is 11.1. The highest BCUT2D eigenvalue weighted by Gasteiger charge is 2.26. The number of aromatic nitrogens is 3. The predicted molar refractivity (Wildman–Crippen MR) is 55.6 cm³/mol. The van der Waals surface area contributed by atoms with Crippen molar-refractivity contribution in [2.75, 3.05) is 0 Å². The summed E-state index contributed by atoms with van der Waals surface area (Å²) in [6.45, 7) is 0. The van der Waals surface area contributed by atoms with Crippen molar-refractivity contribution in [3.8, 4) is 0 Å². The smallest absolute Gasteiger partial charge is 0.313 e. The third-order valence-electron chi connectivity index (χ3n) is 2.38. The van der Waals surface area contributed by atoms with Gasteiger partial charge in [0.2, 0.25) is 0 Å². The summed E-state index contributed by atoms with van der Waals surface area (Å²) in [5.74, 6) is -3.47. The first-order chi connectivity index (χ1) is 8.09. The number of carboxylic acids is 2. The highest BCUT2D eigenvalue weighted by molar-refractivity contribution is 5.82. The van der Waals surface area contributed by atoms with Gasteiger partial charge in [-0.3, -0.25) is 14.6 Å². The van der Waals surface area contributed by atoms with Gasteiger partial charge >= 0.3 is 11.9 Å². The molecule has 17 heavy (non-hydrogen) atoms. The minimum atomic E-state index is -1.19. The summed E-state index contributed by atoms with van der Waals surface area (Å²) in [7, 11) is 0. The summed E-state index contributed by atoms with van der Waals surface area (Å²) < 4.78 is 1.52. The number of fused-ring (bicyclic) bond motifs is 1. The Morgan fingerprint density at radius 3 is 2.76 bits per heavy atom. The molecule has 0 spiro atoms. The van der Waals surface area contributed by atoms with E-state index in [-0.39, 0.29) is 0 Å². The Balaban J connectivity index is 2.48. The number of carbonyl (C=O) groups is 2. The first-order valence-corrected chi connectivity index (χ1v) is 4.81. The van der Waals surface area contributed by atoms with Gasteiger partial charge in [0, 0.05) is 12.4 Å². The molecule has 0 fully saturated rings. The molecule has 2 heterocycles. The van der Waals surface area contributed by atoms with Gasteiger partial charge in [0.15, 0.2) is 5.65 Å². The van der Waals surface area contributed by atoms with Crippen molar-refractivity contribution in [2.45, 2.75) is 12.3 Å². The second-order valence-electron chi connectivity index (χ2n) is 3.48. The molecular formula is C10H9N3O4. The van der Waals surface area contributed by atoms with Crippen LogP contribution in [0.5, 0.6) is 0 Å². The molecule has 7 nitrogen and oxygen atoms in total. The molecule has 2 N–H and O–H groups in total. The van der Waals surface area contributed by atoms with E-state index in [4.69, 9.17) is 10.2 Å². The average molecular weight is 235 g/mol. The highest BCUT2D eigenvalue weighted by atomic mass is 16.4. The standard InChI is InChI=1S/C10H9N3O4/c14-9(15)3-6(10(16)17)7-4-12-8-5-11-1-2-13(7)8/h1-2,4-6H,3H2,(H,14,15)(H,16,17). The van der Waals surface area contributed by atoms with Crippen LogP contribution < -0.4 is 0 Å². The van der Waals surface area contributed by atoms with Gasteiger partial charge in [-0.05, 0) is 0 Å². The van der Waals surface area contributed by atoms with Crippen LogP contribution in [-0.4, -0.2) is 36.5 Å². The Kier molecular flexibility index (Phi) is 2.73. The van der Waals surface area contributed by atoms with Gasteiger partial charge < -0.3 is 14.6 Å². The second kappa shape index (κ2) is 4.20. The van der Waals surface area contributed by atoms with Gasteiger partial charge in [0.05, 0.1) is 24.5 Å². The van der Waals surface area contributed by atoms with Crippen LogP contribution in [-0.2, 0) is 9.59 Å². The monoisotopic (exact) mass is 235 g/mol. The molecule has 0 aliphatic heterocycles. The summed E-state index contributed by atoms with van der Waals surface area (Å²) in [4.78, 5) is 29.5. The lowest BCUT2D eigenvalue weighted by Crippen LogP contribution is -2.17. The fraction of sp³-hybridized carbons (Fsp3) is 0.200. The topological polar surface area (TPSA) is 105 Å². The van der Waals surface area contributed by atoms with Crippen LogP contribution in [0.3, 0.4) is 0 Å². The van der Waals surface area contributed by atoms with Gasteiger partial charge in [-0.2, -0.15) is 0 Å². The number of rotatable bonds is 4. The lowest BCUT2D eigenvalue weighted by Gasteiger charge is -2.09. The van der Waals surface area contributed by atoms with Crippen LogP contribution >= 0.6 is 0 Å². The molecule has 0 aromatic carbocycles. The van der Waals surface area contributed by atoms with E-state index >= 15 is 0 Å². The fourth-order valence-corrected chi connectivity index (χ4v) is 1.61. The fourth-order valence-electron chi connectivity index (χ4n) is 1.61. The molecule has 0 radical (unpaired) electrons. The molecule has 88 valence electrons. The number of nitrogens with zero attached hydrogens (tertiary/aromatic N) is 3. The molecular weight excluding hydrogens is 226 g/mol. The van der Waals surface area contributed by atoms with Crippen LogP contribution in [0.2, 0.25) is 0 Å². The van der Waals surface area contributed by atoms with Gasteiger partial charge in [-0.1, -0.05) is 0 Å². The molecule has 2 rings (SSSR count). The number of aliphatic carboxylic acids is 2. The Hall–Kier alpha value is -2.44. The largest absolute Gasteiger partial charge is 0.481 e. The Morgan fingerprint density at radius 2 is 2.12 bits per heavy atom. The number of hydrogen-bond donors (Lipinski definition) is 2. The van der Waals surface area contributed by atoms with Crippen LogP contribution in [0.4, 0.5) is 0 Å². The van der Waals surface area contributed by atoms with Gasteiger partial charge in [-0.15, -0.1) is 0 Å². The second-order valence-corrected chi connectivity index (χ2v) is 3.48. The molecule has 0 aliphatic carbocycles. The zero-order chi connectivity index (χ0) is 12.4. The molecule has 1 unspecified atom stereocenters. The molecule has 0 saturated carbocycles. The SMILES string of the molecule is O=C(O)CC(C(=O)O)c1cnc2cnccn12. The minimum absolute atomic E-state index is 0.331. The highest BCUT2D eigenvalue weighted by Crippen LogP contribution is 2.20. The van der Waals surface area contributed by atoms with E-state index in [1.165, 1.54) is 23.0 Å². The Bertz CT molecular complexity index is 578. The molecule has 0 amide bonds. The van der Waals surface area contributed by atoms with Crippen molar-refractivity contribution in [3.05, 3.63) is 30.5 Å². The third kappa shape index (κ3) is 2.07. The maximum Gasteiger partial charge on any atom is 0.313 e. The first kappa shape index (κ1) is 11.1. The Morgan fingerprint density at radius 1 is 1.35 bits per heavy atom. The average Bonchev–Trinajstić information content (AvgIpc) is 2.69. The van der Waals surface area contributed by atoms with E-state index in [0.717, 1.165) is 0 Å². The van der Waals surface area contributed by atoms with Gasteiger partial charge in [-0.25, -0.2) is 4.98 Å². The lowest BCUT2D eigenvalue weighted by molar-refractivity contribution is -0.145. The van der Waals surface area contributed by atoms with Crippen molar-refractivity contribution in [2.24, 2.45) is 0 Å². The summed E-state index contributed by atoms with van der Waals surface area (Å²) >= 11 is 0. The number of carboxylic acid groups (broad SMARTS) is 2. The van der Waals surface area contributed by atoms with E-state index in [1.807, 2.05) is 0 Å². The van der Waals surface area contributed by atoms with Gasteiger partial charge in [0.1, 0.15) is 5.92 Å². The normalized spacial score (nSPS) is 12.5. The van der Waals surface area contributed by atoms with Gasteiger partial charge in [0.25, 0.3) is 0 Å². The molecule has 0 bridgehead atoms. The van der Waals surface area contributed by atoms with E-state index in [0.29, 0.717) is 11.3 Å². The van der Waals surface area contributed by atoms with Crippen LogP contribution in [0, 0.1) is 0 Å². The first-order valence-electron chi connectivity index (χ1n) is 4.81. The van der Waals surface area contributed by atoms with E-state index < -0.39 is 24.3 Å². The molecule has 0 saturated heterocycles. The summed E-state index contributed by atoms with van der Waals surface area (Å²) in [5, 5.41) is 17.7. The van der Waals surface area contributed by atoms with Crippen molar-refractivity contribution >= 4 is 17.6 Å². The third-order valence-corrected chi connectivity index (χ3v) is 2.38. The van der Waals surface area contributed by atoms with Crippen molar-refractivity contribution < 1.29 is 19.8 Å². The molecule has 1 atom stereocenters. The zero-order valence-corrected chi connectivity index (χ0v) is 8.65. The van der Waals surface area contributed by atoms with Crippen LogP contribution in [0.25, 0.3) is 5.65 Å². The lowest BCUT2D eigenvalue weighted by atomic mass is 10.0. The van der Waals surface area contributed by atoms with Crippen molar-refractivity contribution in [1.82, 2.24) is 14.4 Å². The Labute approximate surface area is 95.4 Å². The van der Waals surface area contributed by atoms with Crippen molar-refractivity contribution in [3.63, 3.8) is 0 Å². The molecule has 0 aliphatic rings. The van der Waals surface area contributed by atoms with Crippen molar-refractivity contribution in [1.29, 1.82) is 0 Å². The zero-order valence-electron chi connectivity index (χ0n) is 8.65. The molecule has 2 aromatic rings. The number of hydrogen-bond acceptors (Lipinski definition) is 4. The quantitative estimate of drug-likeness (QED) is 0.793. The summed E-state index contributed by atoms with van der Waals surface area (Å²) in [5.41, 5.74) is 0.816.